The number of hydrogen-bond donors (Lipinski definition) is 4. The Morgan fingerprint density at radius 3 is 2.67 bits per heavy atom. The van der Waals surface area contributed by atoms with Crippen molar-refractivity contribution in [1.82, 2.24) is 15.5 Å². The van der Waals surface area contributed by atoms with Crippen molar-refractivity contribution in [2.24, 2.45) is 0 Å². The zero-order chi connectivity index (χ0) is 19.6. The lowest BCUT2D eigenvalue weighted by Gasteiger charge is -2.34. The van der Waals surface area contributed by atoms with E-state index in [1.165, 1.54) is 0 Å². The minimum absolute atomic E-state index is 0.0723. The number of hydrogen-bond acceptors (Lipinski definition) is 6. The first-order valence-electron chi connectivity index (χ1n) is 9.34. The minimum Gasteiger partial charge on any atom is -0.495 e. The maximum Gasteiger partial charge on any atom is 0.222 e. The molecule has 2 saturated heterocycles. The summed E-state index contributed by atoms with van der Waals surface area (Å²) in [5, 5.41) is 25.6. The molecule has 2 heterocycles. The van der Waals surface area contributed by atoms with Gasteiger partial charge in [-0.1, -0.05) is 23.7 Å². The maximum absolute atomic E-state index is 12.6. The molecule has 3 atom stereocenters. The van der Waals surface area contributed by atoms with Crippen molar-refractivity contribution in [2.75, 3.05) is 20.2 Å². The number of nitrogens with zero attached hydrogens (tertiary/aromatic N) is 1. The van der Waals surface area contributed by atoms with Gasteiger partial charge in [0.15, 0.2) is 6.35 Å². The highest BCUT2D eigenvalue weighted by atomic mass is 35.5. The summed E-state index contributed by atoms with van der Waals surface area (Å²) in [5.41, 5.74) is 0.379. The lowest BCUT2D eigenvalue weighted by molar-refractivity contribution is -0.132. The monoisotopic (exact) mass is 397 g/mol. The molecular formula is C19H28ClN3O4. The number of methoxy groups -OCH3 is 1. The van der Waals surface area contributed by atoms with E-state index in [1.807, 2.05) is 23.1 Å². The number of para-hydroxylation sites is 1. The zero-order valence-electron chi connectivity index (χ0n) is 15.7. The number of aliphatic hydroxyl groups is 2. The highest BCUT2D eigenvalue weighted by Crippen LogP contribution is 2.38. The Hall–Kier alpha value is -1.38. The molecule has 0 aliphatic carbocycles. The summed E-state index contributed by atoms with van der Waals surface area (Å²) < 4.78 is 5.46. The number of aliphatic hydroxyl groups excluding tert-OH is 2. The van der Waals surface area contributed by atoms with Crippen LogP contribution in [0.15, 0.2) is 18.2 Å². The van der Waals surface area contributed by atoms with Crippen LogP contribution in [-0.4, -0.2) is 59.3 Å². The van der Waals surface area contributed by atoms with E-state index in [4.69, 9.17) is 16.3 Å². The summed E-state index contributed by atoms with van der Waals surface area (Å²) >= 11 is 6.23. The molecule has 1 amide bonds. The van der Waals surface area contributed by atoms with Gasteiger partial charge in [0.05, 0.1) is 17.7 Å². The summed E-state index contributed by atoms with van der Waals surface area (Å²) in [5.74, 6) is 1.12. The number of carbonyl (C=O) groups is 1. The van der Waals surface area contributed by atoms with Gasteiger partial charge in [0, 0.05) is 19.5 Å². The number of piperidine rings is 1. The molecular weight excluding hydrogens is 370 g/mol. The van der Waals surface area contributed by atoms with Gasteiger partial charge in [0.1, 0.15) is 12.0 Å². The lowest BCUT2D eigenvalue weighted by atomic mass is 9.88. The number of likely N-dealkylation sites (tertiary alicyclic amines) is 1. The van der Waals surface area contributed by atoms with Crippen molar-refractivity contribution in [3.63, 3.8) is 0 Å². The third-order valence-electron chi connectivity index (χ3n) is 5.73. The molecule has 0 spiro atoms. The van der Waals surface area contributed by atoms with E-state index >= 15 is 0 Å². The van der Waals surface area contributed by atoms with Crippen LogP contribution in [0.1, 0.15) is 44.1 Å². The molecule has 1 aromatic rings. The molecule has 0 bridgehead atoms. The largest absolute Gasteiger partial charge is 0.495 e. The molecule has 2 fully saturated rings. The van der Waals surface area contributed by atoms with Gasteiger partial charge in [0.25, 0.3) is 0 Å². The second-order valence-electron chi connectivity index (χ2n) is 7.55. The average Bonchev–Trinajstić information content (AvgIpc) is 2.91. The average molecular weight is 398 g/mol. The number of nitrogens with one attached hydrogen (secondary N) is 2. The summed E-state index contributed by atoms with van der Waals surface area (Å²) in [4.78, 5) is 14.5. The molecule has 0 saturated carbocycles. The Labute approximate surface area is 164 Å². The molecule has 0 radical (unpaired) electrons. The van der Waals surface area contributed by atoms with Gasteiger partial charge in [-0.3, -0.25) is 15.4 Å². The van der Waals surface area contributed by atoms with Crippen LogP contribution in [0, 0.1) is 0 Å². The van der Waals surface area contributed by atoms with Gasteiger partial charge in [0.2, 0.25) is 5.91 Å². The topological polar surface area (TPSA) is 94.1 Å². The summed E-state index contributed by atoms with van der Waals surface area (Å²) in [6, 6.07) is 5.79. The van der Waals surface area contributed by atoms with Gasteiger partial charge in [-0.25, -0.2) is 0 Å². The van der Waals surface area contributed by atoms with Gasteiger partial charge in [-0.15, -0.1) is 0 Å². The standard InChI is InChI=1S/C19H28ClN3O4/c1-19(17(25)21-18(26)22-19)9-6-15(24)23-10-7-12(8-11-23)13-4-3-5-14(20)16(13)27-2/h3-5,12,17-18,21-22,25-26H,6-11H2,1-2H3. The van der Waals surface area contributed by atoms with Crippen molar-refractivity contribution in [1.29, 1.82) is 0 Å². The minimum atomic E-state index is -0.955. The van der Waals surface area contributed by atoms with E-state index in [0.29, 0.717) is 36.9 Å². The van der Waals surface area contributed by atoms with Crippen molar-refractivity contribution in [3.8, 4) is 5.75 Å². The van der Waals surface area contributed by atoms with Gasteiger partial charge in [-0.2, -0.15) is 0 Å². The number of benzene rings is 1. The molecule has 1 aromatic carbocycles. The predicted molar refractivity (Wildman–Crippen MR) is 102 cm³/mol. The van der Waals surface area contributed by atoms with E-state index in [0.717, 1.165) is 24.2 Å². The van der Waals surface area contributed by atoms with E-state index < -0.39 is 18.1 Å². The Morgan fingerprint density at radius 1 is 1.37 bits per heavy atom. The van der Waals surface area contributed by atoms with Crippen LogP contribution in [0.4, 0.5) is 0 Å². The summed E-state index contributed by atoms with van der Waals surface area (Å²) in [7, 11) is 1.63. The number of halogens is 1. The normalized spacial score (nSPS) is 29.1. The van der Waals surface area contributed by atoms with Crippen molar-refractivity contribution < 1.29 is 19.7 Å². The van der Waals surface area contributed by atoms with Gasteiger partial charge >= 0.3 is 0 Å². The Kier molecular flexibility index (Phi) is 6.28. The Balaban J connectivity index is 1.53. The molecule has 3 rings (SSSR count). The smallest absolute Gasteiger partial charge is 0.222 e. The highest BCUT2D eigenvalue weighted by molar-refractivity contribution is 6.32. The first-order chi connectivity index (χ1) is 12.8. The molecule has 3 unspecified atom stereocenters. The third kappa shape index (κ3) is 4.38. The molecule has 2 aliphatic heterocycles. The molecule has 7 nitrogen and oxygen atoms in total. The molecule has 4 N–H and O–H groups in total. The molecule has 2 aliphatic rings. The van der Waals surface area contributed by atoms with Crippen LogP contribution in [0.25, 0.3) is 0 Å². The molecule has 150 valence electrons. The molecule has 8 heteroatoms. The number of rotatable bonds is 5. The van der Waals surface area contributed by atoms with E-state index in [9.17, 15) is 15.0 Å². The lowest BCUT2D eigenvalue weighted by Crippen LogP contribution is -2.48. The van der Waals surface area contributed by atoms with Crippen LogP contribution in [0.5, 0.6) is 5.75 Å². The van der Waals surface area contributed by atoms with Crippen LogP contribution < -0.4 is 15.4 Å². The van der Waals surface area contributed by atoms with E-state index in [1.54, 1.807) is 14.0 Å². The number of amides is 1. The maximum atomic E-state index is 12.6. The van der Waals surface area contributed by atoms with Gasteiger partial charge < -0.3 is 19.8 Å². The Bertz CT molecular complexity index is 681. The fourth-order valence-electron chi connectivity index (χ4n) is 4.00. The van der Waals surface area contributed by atoms with Crippen molar-refractivity contribution in [3.05, 3.63) is 28.8 Å². The first-order valence-corrected chi connectivity index (χ1v) is 9.72. The summed E-state index contributed by atoms with van der Waals surface area (Å²) in [6.45, 7) is 3.17. The molecule has 0 aromatic heterocycles. The number of carbonyl (C=O) groups excluding carboxylic acids is 1. The Morgan fingerprint density at radius 2 is 2.07 bits per heavy atom. The number of ether oxygens (including phenoxy) is 1. The first kappa shape index (κ1) is 20.4. The zero-order valence-corrected chi connectivity index (χ0v) is 16.5. The highest BCUT2D eigenvalue weighted by Gasteiger charge is 2.41. The SMILES string of the molecule is COc1c(Cl)cccc1C1CCN(C(=O)CCC2(C)NC(O)NC2O)CC1. The third-order valence-corrected chi connectivity index (χ3v) is 6.03. The van der Waals surface area contributed by atoms with E-state index in [-0.39, 0.29) is 5.91 Å². The van der Waals surface area contributed by atoms with Crippen LogP contribution in [0.3, 0.4) is 0 Å². The predicted octanol–water partition coefficient (Wildman–Crippen LogP) is 1.38. The molecule has 27 heavy (non-hydrogen) atoms. The van der Waals surface area contributed by atoms with Crippen LogP contribution in [0.2, 0.25) is 5.02 Å². The fraction of sp³-hybridized carbons (Fsp3) is 0.632. The fourth-order valence-corrected chi connectivity index (χ4v) is 4.26. The quantitative estimate of drug-likeness (QED) is 0.599. The van der Waals surface area contributed by atoms with Crippen molar-refractivity contribution in [2.45, 2.75) is 56.6 Å². The van der Waals surface area contributed by atoms with Crippen LogP contribution in [-0.2, 0) is 4.79 Å². The second-order valence-corrected chi connectivity index (χ2v) is 7.96. The summed E-state index contributed by atoms with van der Waals surface area (Å²) in [6.07, 6.45) is 0.644. The van der Waals surface area contributed by atoms with E-state index in [2.05, 4.69) is 10.6 Å². The van der Waals surface area contributed by atoms with Gasteiger partial charge in [-0.05, 0) is 43.7 Å². The van der Waals surface area contributed by atoms with Crippen LogP contribution >= 0.6 is 11.6 Å². The second kappa shape index (κ2) is 8.32. The van der Waals surface area contributed by atoms with Crippen molar-refractivity contribution >= 4 is 17.5 Å².